The van der Waals surface area contributed by atoms with E-state index < -0.39 is 5.97 Å². The first-order valence-electron chi connectivity index (χ1n) is 10.4. The van der Waals surface area contributed by atoms with Gasteiger partial charge in [-0.15, -0.1) is 0 Å². The quantitative estimate of drug-likeness (QED) is 0.419. The van der Waals surface area contributed by atoms with Gasteiger partial charge in [0.2, 0.25) is 0 Å². The van der Waals surface area contributed by atoms with Crippen molar-refractivity contribution in [3.63, 3.8) is 0 Å². The topological polar surface area (TPSA) is 46.1 Å². The molecular weight excluding hydrogens is 336 g/mol. The maximum Gasteiger partial charge on any atom is 0.335 e. The lowest BCUT2D eigenvalue weighted by Gasteiger charge is -2.05. The molecule has 2 aromatic rings. The highest BCUT2D eigenvalue weighted by Crippen LogP contribution is 2.12. The van der Waals surface area contributed by atoms with E-state index in [4.69, 9.17) is 5.11 Å². The van der Waals surface area contributed by atoms with Gasteiger partial charge in [-0.2, -0.15) is 0 Å². The summed E-state index contributed by atoms with van der Waals surface area (Å²) < 4.78 is 4.60. The number of unbranched alkanes of at least 4 members (excludes halogenated alkanes) is 7. The van der Waals surface area contributed by atoms with Crippen LogP contribution in [0.5, 0.6) is 0 Å². The van der Waals surface area contributed by atoms with E-state index >= 15 is 0 Å². The largest absolute Gasteiger partial charge is 0.478 e. The molecule has 1 aromatic heterocycles. The number of hydrogen-bond donors (Lipinski definition) is 1. The summed E-state index contributed by atoms with van der Waals surface area (Å²) in [5.74, 6) is 0.473. The molecule has 0 aliphatic carbocycles. The summed E-state index contributed by atoms with van der Waals surface area (Å²) in [6, 6.07) is 7.20. The second-order valence-electron chi connectivity index (χ2n) is 7.60. The predicted octanol–water partition coefficient (Wildman–Crippen LogP) is 5.05. The summed E-state index contributed by atoms with van der Waals surface area (Å²) in [5, 5.41) is 9.04. The fourth-order valence-electron chi connectivity index (χ4n) is 3.60. The standard InChI is InChI=1S/C23H34N2O2/c1-4-5-6-7-8-9-10-11-12-22-24(3)19(2)17-25(22)18-20-13-15-21(16-14-20)23(26)27/h13-17H,4-12,18H2,1-3H3/p+1. The van der Waals surface area contributed by atoms with Crippen LogP contribution in [0.25, 0.3) is 0 Å². The molecule has 0 saturated heterocycles. The van der Waals surface area contributed by atoms with Crippen LogP contribution in [-0.4, -0.2) is 15.6 Å². The number of aromatic nitrogens is 2. The van der Waals surface area contributed by atoms with E-state index in [0.717, 1.165) is 18.5 Å². The van der Waals surface area contributed by atoms with Crippen LogP contribution in [0, 0.1) is 6.92 Å². The Morgan fingerprint density at radius 1 is 1.00 bits per heavy atom. The van der Waals surface area contributed by atoms with Crippen LogP contribution in [0.15, 0.2) is 30.5 Å². The van der Waals surface area contributed by atoms with Crippen molar-refractivity contribution in [2.75, 3.05) is 0 Å². The van der Waals surface area contributed by atoms with Gasteiger partial charge in [0.1, 0.15) is 18.4 Å². The Kier molecular flexibility index (Phi) is 8.56. The van der Waals surface area contributed by atoms with Gasteiger partial charge in [0, 0.05) is 13.3 Å². The fraction of sp³-hybridized carbons (Fsp3) is 0.565. The number of benzene rings is 1. The van der Waals surface area contributed by atoms with Gasteiger partial charge >= 0.3 is 5.97 Å². The zero-order valence-corrected chi connectivity index (χ0v) is 17.2. The molecule has 0 fully saturated rings. The van der Waals surface area contributed by atoms with Crippen molar-refractivity contribution in [2.24, 2.45) is 7.05 Å². The van der Waals surface area contributed by atoms with Crippen LogP contribution in [0.4, 0.5) is 0 Å². The molecular formula is C23H35N2O2+. The third kappa shape index (κ3) is 6.53. The maximum absolute atomic E-state index is 11.0. The Labute approximate surface area is 163 Å². The molecule has 4 heteroatoms. The number of aromatic carboxylic acids is 1. The van der Waals surface area contributed by atoms with Gasteiger partial charge < -0.3 is 5.11 Å². The second kappa shape index (κ2) is 10.9. The highest BCUT2D eigenvalue weighted by Gasteiger charge is 2.18. The molecule has 0 radical (unpaired) electrons. The van der Waals surface area contributed by atoms with Crippen molar-refractivity contribution >= 4 is 5.97 Å². The Hall–Kier alpha value is -2.10. The number of imidazole rings is 1. The van der Waals surface area contributed by atoms with Gasteiger partial charge in [-0.05, 0) is 24.1 Å². The van der Waals surface area contributed by atoms with Gasteiger partial charge in [-0.1, -0.05) is 64.0 Å². The lowest BCUT2D eigenvalue weighted by Crippen LogP contribution is -2.37. The number of aryl methyl sites for hydroxylation is 1. The summed E-state index contributed by atoms with van der Waals surface area (Å²) in [6.07, 6.45) is 14.0. The molecule has 1 aromatic carbocycles. The number of rotatable bonds is 12. The minimum absolute atomic E-state index is 0.340. The summed E-state index contributed by atoms with van der Waals surface area (Å²) in [6.45, 7) is 5.19. The average Bonchev–Trinajstić information content (AvgIpc) is 2.91. The van der Waals surface area contributed by atoms with Crippen LogP contribution >= 0.6 is 0 Å². The SMILES string of the molecule is CCCCCCCCCCc1n(C)c(C)c[n+]1Cc1ccc(C(=O)O)cc1. The molecule has 1 heterocycles. The molecule has 0 saturated carbocycles. The number of nitrogens with zero attached hydrogens (tertiary/aromatic N) is 2. The molecule has 0 aliphatic heterocycles. The van der Waals surface area contributed by atoms with Crippen molar-refractivity contribution in [3.05, 3.63) is 53.1 Å². The number of carbonyl (C=O) groups is 1. The first-order valence-corrected chi connectivity index (χ1v) is 10.4. The van der Waals surface area contributed by atoms with Gasteiger partial charge in [0.15, 0.2) is 0 Å². The summed E-state index contributed by atoms with van der Waals surface area (Å²) in [7, 11) is 2.14. The summed E-state index contributed by atoms with van der Waals surface area (Å²) in [4.78, 5) is 11.0. The van der Waals surface area contributed by atoms with E-state index in [-0.39, 0.29) is 0 Å². The van der Waals surface area contributed by atoms with Gasteiger partial charge in [0.25, 0.3) is 5.82 Å². The minimum Gasteiger partial charge on any atom is -0.478 e. The Balaban J connectivity index is 1.88. The van der Waals surface area contributed by atoms with E-state index in [1.54, 1.807) is 12.1 Å². The highest BCUT2D eigenvalue weighted by molar-refractivity contribution is 5.87. The van der Waals surface area contributed by atoms with Gasteiger partial charge in [-0.25, -0.2) is 13.9 Å². The summed E-state index contributed by atoms with van der Waals surface area (Å²) in [5.41, 5.74) is 2.73. The van der Waals surface area contributed by atoms with Gasteiger partial charge in [-0.3, -0.25) is 0 Å². The Bertz CT molecular complexity index is 717. The van der Waals surface area contributed by atoms with Crippen molar-refractivity contribution in [1.82, 2.24) is 4.57 Å². The molecule has 0 spiro atoms. The van der Waals surface area contributed by atoms with Crippen LogP contribution in [0.2, 0.25) is 0 Å². The molecule has 0 bridgehead atoms. The third-order valence-electron chi connectivity index (χ3n) is 5.40. The molecule has 0 aliphatic rings. The Morgan fingerprint density at radius 3 is 2.19 bits per heavy atom. The van der Waals surface area contributed by atoms with Crippen molar-refractivity contribution in [1.29, 1.82) is 0 Å². The van der Waals surface area contributed by atoms with Crippen molar-refractivity contribution < 1.29 is 14.5 Å². The lowest BCUT2D eigenvalue weighted by atomic mass is 10.1. The van der Waals surface area contributed by atoms with E-state index in [0.29, 0.717) is 5.56 Å². The molecule has 148 valence electrons. The summed E-state index contributed by atoms with van der Waals surface area (Å²) >= 11 is 0. The van der Waals surface area contributed by atoms with E-state index in [2.05, 4.69) is 36.2 Å². The average molecular weight is 372 g/mol. The van der Waals surface area contributed by atoms with Crippen molar-refractivity contribution in [2.45, 2.75) is 78.2 Å². The van der Waals surface area contributed by atoms with E-state index in [1.807, 2.05) is 12.1 Å². The van der Waals surface area contributed by atoms with Crippen LogP contribution in [-0.2, 0) is 20.0 Å². The lowest BCUT2D eigenvalue weighted by molar-refractivity contribution is -0.695. The van der Waals surface area contributed by atoms with Crippen LogP contribution in [0.3, 0.4) is 0 Å². The highest BCUT2D eigenvalue weighted by atomic mass is 16.4. The van der Waals surface area contributed by atoms with Crippen LogP contribution < -0.4 is 4.57 Å². The monoisotopic (exact) mass is 371 g/mol. The molecule has 27 heavy (non-hydrogen) atoms. The Morgan fingerprint density at radius 2 is 1.59 bits per heavy atom. The van der Waals surface area contributed by atoms with Crippen LogP contribution in [0.1, 0.15) is 85.7 Å². The zero-order chi connectivity index (χ0) is 19.6. The first kappa shape index (κ1) is 21.2. The molecule has 0 atom stereocenters. The molecule has 0 amide bonds. The molecule has 4 nitrogen and oxygen atoms in total. The maximum atomic E-state index is 11.0. The third-order valence-corrected chi connectivity index (χ3v) is 5.40. The van der Waals surface area contributed by atoms with E-state index in [1.165, 1.54) is 62.9 Å². The molecule has 0 unspecified atom stereocenters. The van der Waals surface area contributed by atoms with Gasteiger partial charge in [0.05, 0.1) is 12.6 Å². The number of carboxylic acids is 1. The zero-order valence-electron chi connectivity index (χ0n) is 17.2. The molecule has 2 rings (SSSR count). The molecule has 1 N–H and O–H groups in total. The van der Waals surface area contributed by atoms with E-state index in [9.17, 15) is 4.79 Å². The smallest absolute Gasteiger partial charge is 0.335 e. The van der Waals surface area contributed by atoms with Crippen molar-refractivity contribution in [3.8, 4) is 0 Å². The normalized spacial score (nSPS) is 11.1. The minimum atomic E-state index is -0.875. The predicted molar refractivity (Wildman–Crippen MR) is 109 cm³/mol. The second-order valence-corrected chi connectivity index (χ2v) is 7.60. The first-order chi connectivity index (χ1) is 13.0. The number of hydrogen-bond acceptors (Lipinski definition) is 1. The number of carboxylic acid groups (broad SMARTS) is 1. The fourth-order valence-corrected chi connectivity index (χ4v) is 3.60.